The number of halogens is 1. The van der Waals surface area contributed by atoms with Crippen molar-refractivity contribution in [1.29, 1.82) is 0 Å². The van der Waals surface area contributed by atoms with Crippen LogP contribution in [0.1, 0.15) is 10.4 Å². The highest BCUT2D eigenvalue weighted by Gasteiger charge is 2.13. The third-order valence-corrected chi connectivity index (χ3v) is 3.57. The van der Waals surface area contributed by atoms with E-state index in [0.29, 0.717) is 22.7 Å². The Labute approximate surface area is 147 Å². The Balaban J connectivity index is 1.97. The Morgan fingerprint density at radius 2 is 1.88 bits per heavy atom. The molecule has 2 aromatic rings. The summed E-state index contributed by atoms with van der Waals surface area (Å²) in [7, 11) is 3.01. The number of carbonyl (C=O) groups excluding carboxylic acids is 2. The van der Waals surface area contributed by atoms with Crippen LogP contribution in [0.3, 0.4) is 0 Å². The van der Waals surface area contributed by atoms with Crippen molar-refractivity contribution in [3.63, 3.8) is 0 Å². The van der Waals surface area contributed by atoms with Crippen LogP contribution in [0.2, 0.25) is 0 Å². The highest BCUT2D eigenvalue weighted by atomic mass is 79.9. The second-order valence-electron chi connectivity index (χ2n) is 4.70. The molecule has 2 rings (SSSR count). The van der Waals surface area contributed by atoms with E-state index < -0.39 is 18.5 Å². The van der Waals surface area contributed by atoms with E-state index in [1.807, 2.05) is 0 Å². The summed E-state index contributed by atoms with van der Waals surface area (Å²) in [6.07, 6.45) is 0. The molecule has 24 heavy (non-hydrogen) atoms. The molecule has 0 heterocycles. The number of amides is 1. The van der Waals surface area contributed by atoms with Gasteiger partial charge < -0.3 is 19.5 Å². The molecule has 0 radical (unpaired) electrons. The third kappa shape index (κ3) is 4.73. The van der Waals surface area contributed by atoms with Crippen LogP contribution >= 0.6 is 15.9 Å². The second kappa shape index (κ2) is 8.35. The quantitative estimate of drug-likeness (QED) is 0.762. The van der Waals surface area contributed by atoms with Gasteiger partial charge in [0.05, 0.1) is 25.5 Å². The molecule has 0 aliphatic carbocycles. The standard InChI is InChI=1S/C17H16BrNO5/c1-22-13-6-7-15(23-2)14(9-13)19-16(20)10-24-17(21)11-4-3-5-12(18)8-11/h3-9H,10H2,1-2H3,(H,19,20). The predicted octanol–water partition coefficient (Wildman–Crippen LogP) is 3.26. The molecule has 0 spiro atoms. The minimum atomic E-state index is -0.580. The molecule has 1 amide bonds. The number of rotatable bonds is 6. The number of carbonyl (C=O) groups is 2. The number of methoxy groups -OCH3 is 2. The lowest BCUT2D eigenvalue weighted by atomic mass is 10.2. The van der Waals surface area contributed by atoms with Gasteiger partial charge in [0.1, 0.15) is 11.5 Å². The zero-order chi connectivity index (χ0) is 17.5. The fourth-order valence-electron chi connectivity index (χ4n) is 1.93. The lowest BCUT2D eigenvalue weighted by Crippen LogP contribution is -2.21. The summed E-state index contributed by atoms with van der Waals surface area (Å²) >= 11 is 3.27. The average Bonchev–Trinajstić information content (AvgIpc) is 2.59. The zero-order valence-corrected chi connectivity index (χ0v) is 14.8. The zero-order valence-electron chi connectivity index (χ0n) is 13.2. The van der Waals surface area contributed by atoms with E-state index in [1.54, 1.807) is 42.5 Å². The molecule has 0 saturated carbocycles. The molecule has 126 valence electrons. The Kier molecular flexibility index (Phi) is 6.20. The normalized spacial score (nSPS) is 9.96. The van der Waals surface area contributed by atoms with Gasteiger partial charge in [-0.25, -0.2) is 4.79 Å². The van der Waals surface area contributed by atoms with Crippen LogP contribution in [0.25, 0.3) is 0 Å². The van der Waals surface area contributed by atoms with Gasteiger partial charge in [0.2, 0.25) is 0 Å². The first-order valence-electron chi connectivity index (χ1n) is 6.98. The minimum absolute atomic E-state index is 0.358. The third-order valence-electron chi connectivity index (χ3n) is 3.08. The maximum atomic E-state index is 12.0. The Morgan fingerprint density at radius 1 is 1.08 bits per heavy atom. The van der Waals surface area contributed by atoms with Gasteiger partial charge in [-0.1, -0.05) is 22.0 Å². The topological polar surface area (TPSA) is 73.9 Å². The van der Waals surface area contributed by atoms with Crippen molar-refractivity contribution in [2.45, 2.75) is 0 Å². The lowest BCUT2D eigenvalue weighted by Gasteiger charge is -2.12. The van der Waals surface area contributed by atoms with Gasteiger partial charge in [0.25, 0.3) is 5.91 Å². The van der Waals surface area contributed by atoms with Crippen molar-refractivity contribution >= 4 is 33.5 Å². The van der Waals surface area contributed by atoms with E-state index in [0.717, 1.165) is 4.47 Å². The van der Waals surface area contributed by atoms with Crippen LogP contribution in [0.5, 0.6) is 11.5 Å². The van der Waals surface area contributed by atoms with Gasteiger partial charge in [-0.05, 0) is 30.3 Å². The summed E-state index contributed by atoms with van der Waals surface area (Å²) in [5, 5.41) is 2.62. The van der Waals surface area contributed by atoms with Crippen molar-refractivity contribution in [3.05, 3.63) is 52.5 Å². The van der Waals surface area contributed by atoms with Crippen LogP contribution in [0, 0.1) is 0 Å². The largest absolute Gasteiger partial charge is 0.497 e. The Morgan fingerprint density at radius 3 is 2.54 bits per heavy atom. The van der Waals surface area contributed by atoms with Gasteiger partial charge in [0, 0.05) is 10.5 Å². The monoisotopic (exact) mass is 393 g/mol. The maximum absolute atomic E-state index is 12.0. The number of ether oxygens (including phenoxy) is 3. The van der Waals surface area contributed by atoms with Crippen LogP contribution in [-0.2, 0) is 9.53 Å². The summed E-state index contributed by atoms with van der Waals surface area (Å²) in [5.74, 6) is -0.0198. The molecular formula is C17H16BrNO5. The predicted molar refractivity (Wildman–Crippen MR) is 92.6 cm³/mol. The fourth-order valence-corrected chi connectivity index (χ4v) is 2.33. The van der Waals surface area contributed by atoms with Gasteiger partial charge in [-0.15, -0.1) is 0 Å². The average molecular weight is 394 g/mol. The first kappa shape index (κ1) is 17.8. The van der Waals surface area contributed by atoms with Crippen molar-refractivity contribution in [2.24, 2.45) is 0 Å². The molecule has 0 atom stereocenters. The summed E-state index contributed by atoms with van der Waals surface area (Å²) in [6, 6.07) is 11.7. The second-order valence-corrected chi connectivity index (χ2v) is 5.62. The SMILES string of the molecule is COc1ccc(OC)c(NC(=O)COC(=O)c2cccc(Br)c2)c1. The van der Waals surface area contributed by atoms with Crippen LogP contribution in [-0.4, -0.2) is 32.7 Å². The van der Waals surface area contributed by atoms with Crippen LogP contribution in [0.4, 0.5) is 5.69 Å². The van der Waals surface area contributed by atoms with E-state index >= 15 is 0 Å². The molecule has 0 fully saturated rings. The van der Waals surface area contributed by atoms with E-state index in [1.165, 1.54) is 14.2 Å². The molecule has 0 aromatic heterocycles. The fraction of sp³-hybridized carbons (Fsp3) is 0.176. The molecule has 0 aliphatic rings. The first-order valence-corrected chi connectivity index (χ1v) is 7.77. The molecule has 0 bridgehead atoms. The number of benzene rings is 2. The summed E-state index contributed by atoms with van der Waals surface area (Å²) in [6.45, 7) is -0.411. The molecule has 6 nitrogen and oxygen atoms in total. The lowest BCUT2D eigenvalue weighted by molar-refractivity contribution is -0.119. The summed E-state index contributed by atoms with van der Waals surface area (Å²) in [4.78, 5) is 23.9. The van der Waals surface area contributed by atoms with E-state index in [4.69, 9.17) is 14.2 Å². The molecule has 0 aliphatic heterocycles. The van der Waals surface area contributed by atoms with Gasteiger partial charge in [0.15, 0.2) is 6.61 Å². The number of hydrogen-bond donors (Lipinski definition) is 1. The molecule has 1 N–H and O–H groups in total. The number of hydrogen-bond acceptors (Lipinski definition) is 5. The minimum Gasteiger partial charge on any atom is -0.497 e. The van der Waals surface area contributed by atoms with E-state index in [9.17, 15) is 9.59 Å². The number of esters is 1. The Bertz CT molecular complexity index is 748. The van der Waals surface area contributed by atoms with Crippen molar-refractivity contribution in [3.8, 4) is 11.5 Å². The van der Waals surface area contributed by atoms with E-state index in [2.05, 4.69) is 21.2 Å². The maximum Gasteiger partial charge on any atom is 0.338 e. The number of nitrogens with one attached hydrogen (secondary N) is 1. The highest BCUT2D eigenvalue weighted by Crippen LogP contribution is 2.28. The van der Waals surface area contributed by atoms with Gasteiger partial charge in [-0.2, -0.15) is 0 Å². The first-order chi connectivity index (χ1) is 11.5. The smallest absolute Gasteiger partial charge is 0.338 e. The molecular weight excluding hydrogens is 378 g/mol. The molecule has 0 unspecified atom stereocenters. The molecule has 7 heteroatoms. The summed E-state index contributed by atoms with van der Waals surface area (Å²) < 4.78 is 16.0. The van der Waals surface area contributed by atoms with Crippen LogP contribution < -0.4 is 14.8 Å². The highest BCUT2D eigenvalue weighted by molar-refractivity contribution is 9.10. The molecule has 0 saturated heterocycles. The molecule has 2 aromatic carbocycles. The van der Waals surface area contributed by atoms with Gasteiger partial charge >= 0.3 is 5.97 Å². The Hall–Kier alpha value is -2.54. The van der Waals surface area contributed by atoms with Crippen LogP contribution in [0.15, 0.2) is 46.9 Å². The summed E-state index contributed by atoms with van der Waals surface area (Å²) in [5.41, 5.74) is 0.788. The number of anilines is 1. The van der Waals surface area contributed by atoms with E-state index in [-0.39, 0.29) is 0 Å². The van der Waals surface area contributed by atoms with Crippen molar-refractivity contribution in [1.82, 2.24) is 0 Å². The van der Waals surface area contributed by atoms with Crippen molar-refractivity contribution < 1.29 is 23.8 Å². The van der Waals surface area contributed by atoms with Gasteiger partial charge in [-0.3, -0.25) is 4.79 Å². The van der Waals surface area contributed by atoms with Crippen molar-refractivity contribution in [2.75, 3.05) is 26.1 Å².